The first-order chi connectivity index (χ1) is 13.3. The SMILES string of the molecule is C=Cc1ccc(CCCCCOCCCCCc2ccc(C=C)cc2)cc1. The van der Waals surface area contributed by atoms with Crippen LogP contribution < -0.4 is 0 Å². The number of rotatable bonds is 14. The molecule has 27 heavy (non-hydrogen) atoms. The molecule has 0 aliphatic heterocycles. The standard InChI is InChI=1S/C26H34O/c1-3-23-13-17-25(18-14-23)11-7-5-9-21-27-22-10-6-8-12-26-19-15-24(4-2)16-20-26/h3-4,13-20H,1-2,5-12,21-22H2. The summed E-state index contributed by atoms with van der Waals surface area (Å²) in [6.45, 7) is 9.38. The van der Waals surface area contributed by atoms with Gasteiger partial charge in [-0.15, -0.1) is 0 Å². The Morgan fingerprint density at radius 3 is 1.33 bits per heavy atom. The molecule has 1 nitrogen and oxygen atoms in total. The largest absolute Gasteiger partial charge is 0.381 e. The predicted molar refractivity (Wildman–Crippen MR) is 119 cm³/mol. The highest BCUT2D eigenvalue weighted by Crippen LogP contribution is 2.11. The van der Waals surface area contributed by atoms with E-state index in [1.807, 2.05) is 12.2 Å². The quantitative estimate of drug-likeness (QED) is 0.325. The van der Waals surface area contributed by atoms with Crippen LogP contribution in [0.25, 0.3) is 12.2 Å². The third-order valence-corrected chi connectivity index (χ3v) is 4.94. The van der Waals surface area contributed by atoms with E-state index in [0.29, 0.717) is 0 Å². The fourth-order valence-corrected chi connectivity index (χ4v) is 3.16. The molecule has 0 spiro atoms. The van der Waals surface area contributed by atoms with Gasteiger partial charge in [0.1, 0.15) is 0 Å². The Balaban J connectivity index is 1.39. The van der Waals surface area contributed by atoms with E-state index in [-0.39, 0.29) is 0 Å². The van der Waals surface area contributed by atoms with Crippen LogP contribution in [0.15, 0.2) is 61.7 Å². The van der Waals surface area contributed by atoms with Gasteiger partial charge in [-0.1, -0.05) is 86.7 Å². The molecule has 2 aromatic carbocycles. The van der Waals surface area contributed by atoms with E-state index in [1.165, 1.54) is 60.8 Å². The van der Waals surface area contributed by atoms with Gasteiger partial charge in [-0.05, 0) is 60.8 Å². The highest BCUT2D eigenvalue weighted by Gasteiger charge is 1.97. The maximum absolute atomic E-state index is 5.78. The monoisotopic (exact) mass is 362 g/mol. The molecule has 0 N–H and O–H groups in total. The topological polar surface area (TPSA) is 9.23 Å². The van der Waals surface area contributed by atoms with Gasteiger partial charge in [0.2, 0.25) is 0 Å². The molecular weight excluding hydrogens is 328 g/mol. The van der Waals surface area contributed by atoms with Crippen molar-refractivity contribution < 1.29 is 4.74 Å². The van der Waals surface area contributed by atoms with Crippen molar-refractivity contribution in [2.45, 2.75) is 51.4 Å². The van der Waals surface area contributed by atoms with Crippen LogP contribution in [0.2, 0.25) is 0 Å². The average molecular weight is 363 g/mol. The lowest BCUT2D eigenvalue weighted by Crippen LogP contribution is -1.98. The van der Waals surface area contributed by atoms with Crippen molar-refractivity contribution in [3.63, 3.8) is 0 Å². The minimum absolute atomic E-state index is 0.901. The summed E-state index contributed by atoms with van der Waals surface area (Å²) >= 11 is 0. The summed E-state index contributed by atoms with van der Waals surface area (Å²) in [7, 11) is 0. The van der Waals surface area contributed by atoms with E-state index in [4.69, 9.17) is 4.74 Å². The third kappa shape index (κ3) is 8.88. The Morgan fingerprint density at radius 1 is 0.556 bits per heavy atom. The Hall–Kier alpha value is -2.12. The van der Waals surface area contributed by atoms with Crippen LogP contribution in [0.4, 0.5) is 0 Å². The van der Waals surface area contributed by atoms with Gasteiger partial charge in [0, 0.05) is 13.2 Å². The Labute approximate surface area is 165 Å². The zero-order chi connectivity index (χ0) is 19.2. The van der Waals surface area contributed by atoms with Gasteiger partial charge in [0.15, 0.2) is 0 Å². The van der Waals surface area contributed by atoms with Crippen molar-refractivity contribution in [3.8, 4) is 0 Å². The molecule has 0 atom stereocenters. The molecule has 2 aromatic rings. The first-order valence-corrected chi connectivity index (χ1v) is 10.3. The molecular formula is C26H34O. The van der Waals surface area contributed by atoms with Gasteiger partial charge in [-0.25, -0.2) is 0 Å². The van der Waals surface area contributed by atoms with Gasteiger partial charge in [-0.2, -0.15) is 0 Å². The molecule has 0 saturated heterocycles. The van der Waals surface area contributed by atoms with Crippen molar-refractivity contribution >= 4 is 12.2 Å². The molecule has 0 heterocycles. The molecule has 2 rings (SSSR count). The second kappa shape index (κ2) is 13.1. The minimum atomic E-state index is 0.901. The molecule has 0 saturated carbocycles. The highest BCUT2D eigenvalue weighted by molar-refractivity contribution is 5.47. The number of hydrogen-bond donors (Lipinski definition) is 0. The van der Waals surface area contributed by atoms with E-state index in [9.17, 15) is 0 Å². The summed E-state index contributed by atoms with van der Waals surface area (Å²) < 4.78 is 5.78. The Kier molecular flexibility index (Phi) is 10.3. The highest BCUT2D eigenvalue weighted by atomic mass is 16.5. The lowest BCUT2D eigenvalue weighted by Gasteiger charge is -2.06. The van der Waals surface area contributed by atoms with E-state index in [0.717, 1.165) is 26.1 Å². The second-order valence-corrected chi connectivity index (χ2v) is 7.13. The van der Waals surface area contributed by atoms with Crippen LogP contribution in [0.3, 0.4) is 0 Å². The lowest BCUT2D eigenvalue weighted by atomic mass is 10.1. The fraction of sp³-hybridized carbons (Fsp3) is 0.385. The maximum atomic E-state index is 5.78. The molecule has 0 unspecified atom stereocenters. The summed E-state index contributed by atoms with van der Waals surface area (Å²) in [5.74, 6) is 0. The first kappa shape index (κ1) is 21.2. The van der Waals surface area contributed by atoms with Crippen molar-refractivity contribution in [1.82, 2.24) is 0 Å². The normalized spacial score (nSPS) is 10.7. The summed E-state index contributed by atoms with van der Waals surface area (Å²) in [5, 5.41) is 0. The number of aryl methyl sites for hydroxylation is 2. The third-order valence-electron chi connectivity index (χ3n) is 4.94. The van der Waals surface area contributed by atoms with Crippen molar-refractivity contribution in [2.24, 2.45) is 0 Å². The van der Waals surface area contributed by atoms with Crippen molar-refractivity contribution in [3.05, 3.63) is 83.9 Å². The fourth-order valence-electron chi connectivity index (χ4n) is 3.16. The van der Waals surface area contributed by atoms with Gasteiger partial charge >= 0.3 is 0 Å². The molecule has 0 aromatic heterocycles. The lowest BCUT2D eigenvalue weighted by molar-refractivity contribution is 0.126. The number of hydrogen-bond acceptors (Lipinski definition) is 1. The van der Waals surface area contributed by atoms with Gasteiger partial charge < -0.3 is 4.74 Å². The molecule has 0 radical (unpaired) electrons. The summed E-state index contributed by atoms with van der Waals surface area (Å²) in [6.07, 6.45) is 13.4. The number of unbranched alkanes of at least 4 members (excludes halogenated alkanes) is 4. The zero-order valence-corrected chi connectivity index (χ0v) is 16.7. The van der Waals surface area contributed by atoms with E-state index in [2.05, 4.69) is 61.7 Å². The van der Waals surface area contributed by atoms with Crippen LogP contribution in [0, 0.1) is 0 Å². The number of ether oxygens (including phenoxy) is 1. The van der Waals surface area contributed by atoms with Crippen LogP contribution >= 0.6 is 0 Å². The Morgan fingerprint density at radius 2 is 0.963 bits per heavy atom. The predicted octanol–water partition coefficient (Wildman–Crippen LogP) is 7.12. The average Bonchev–Trinajstić information content (AvgIpc) is 2.73. The molecule has 0 aliphatic carbocycles. The van der Waals surface area contributed by atoms with E-state index in [1.54, 1.807) is 0 Å². The molecule has 0 bridgehead atoms. The summed E-state index contributed by atoms with van der Waals surface area (Å²) in [6, 6.07) is 17.4. The molecule has 0 fully saturated rings. The van der Waals surface area contributed by atoms with Crippen molar-refractivity contribution in [1.29, 1.82) is 0 Å². The van der Waals surface area contributed by atoms with Crippen LogP contribution in [0.1, 0.15) is 60.8 Å². The zero-order valence-electron chi connectivity index (χ0n) is 16.7. The molecule has 0 aliphatic rings. The first-order valence-electron chi connectivity index (χ1n) is 10.3. The Bertz CT molecular complexity index is 592. The maximum Gasteiger partial charge on any atom is 0.0466 e. The van der Waals surface area contributed by atoms with E-state index >= 15 is 0 Å². The summed E-state index contributed by atoms with van der Waals surface area (Å²) in [4.78, 5) is 0. The van der Waals surface area contributed by atoms with Gasteiger partial charge in [-0.3, -0.25) is 0 Å². The molecule has 1 heteroatoms. The number of benzene rings is 2. The molecule has 0 amide bonds. The smallest absolute Gasteiger partial charge is 0.0466 e. The van der Waals surface area contributed by atoms with Crippen molar-refractivity contribution in [2.75, 3.05) is 13.2 Å². The summed E-state index contributed by atoms with van der Waals surface area (Å²) in [5.41, 5.74) is 5.22. The van der Waals surface area contributed by atoms with Crippen LogP contribution in [-0.4, -0.2) is 13.2 Å². The minimum Gasteiger partial charge on any atom is -0.381 e. The van der Waals surface area contributed by atoms with Gasteiger partial charge in [0.05, 0.1) is 0 Å². The second-order valence-electron chi connectivity index (χ2n) is 7.13. The van der Waals surface area contributed by atoms with Gasteiger partial charge in [0.25, 0.3) is 0 Å². The van der Waals surface area contributed by atoms with E-state index < -0.39 is 0 Å². The molecule has 144 valence electrons. The van der Waals surface area contributed by atoms with Crippen LogP contribution in [-0.2, 0) is 17.6 Å². The van der Waals surface area contributed by atoms with Crippen LogP contribution in [0.5, 0.6) is 0 Å².